The van der Waals surface area contributed by atoms with Gasteiger partial charge in [-0.3, -0.25) is 4.79 Å². The molecule has 0 fully saturated rings. The molecule has 0 aliphatic rings. The number of halogens is 1. The van der Waals surface area contributed by atoms with Crippen LogP contribution >= 0.6 is 0 Å². The molecule has 2 nitrogen and oxygen atoms in total. The predicted molar refractivity (Wildman–Crippen MR) is 76.3 cm³/mol. The van der Waals surface area contributed by atoms with Gasteiger partial charge in [0, 0.05) is 0 Å². The lowest BCUT2D eigenvalue weighted by atomic mass is 9.75. The van der Waals surface area contributed by atoms with Crippen molar-refractivity contribution in [3.8, 4) is 0 Å². The zero-order valence-electron chi connectivity index (χ0n) is 11.6. The fraction of sp³-hybridized carbons (Fsp3) is 0.235. The minimum Gasteiger partial charge on any atom is -0.481 e. The van der Waals surface area contributed by atoms with Crippen LogP contribution in [0.15, 0.2) is 48.5 Å². The van der Waals surface area contributed by atoms with Gasteiger partial charge in [-0.05, 0) is 43.0 Å². The van der Waals surface area contributed by atoms with Crippen LogP contribution in [-0.2, 0) is 16.6 Å². The molecule has 104 valence electrons. The molecule has 2 aromatic carbocycles. The van der Waals surface area contributed by atoms with Gasteiger partial charge < -0.3 is 5.11 Å². The Morgan fingerprint density at radius 1 is 1.15 bits per heavy atom. The van der Waals surface area contributed by atoms with Crippen LogP contribution < -0.4 is 0 Å². The second-order valence-corrected chi connectivity index (χ2v) is 5.22. The zero-order chi connectivity index (χ0) is 14.8. The number of carboxylic acids is 1. The average Bonchev–Trinajstić information content (AvgIpc) is 2.41. The minimum absolute atomic E-state index is 0.125. The Labute approximate surface area is 117 Å². The van der Waals surface area contributed by atoms with E-state index in [0.29, 0.717) is 5.56 Å². The topological polar surface area (TPSA) is 37.3 Å². The number of carboxylic acid groups (broad SMARTS) is 1. The van der Waals surface area contributed by atoms with Gasteiger partial charge in [0.2, 0.25) is 0 Å². The molecule has 2 aromatic rings. The van der Waals surface area contributed by atoms with E-state index >= 15 is 0 Å². The monoisotopic (exact) mass is 272 g/mol. The van der Waals surface area contributed by atoms with Crippen LogP contribution in [0.2, 0.25) is 0 Å². The number of benzene rings is 2. The summed E-state index contributed by atoms with van der Waals surface area (Å²) in [6, 6.07) is 13.7. The highest BCUT2D eigenvalue weighted by Gasteiger charge is 2.37. The molecule has 0 saturated heterocycles. The Bertz CT molecular complexity index is 636. The number of hydrogen-bond acceptors (Lipinski definition) is 1. The smallest absolute Gasteiger partial charge is 0.314 e. The van der Waals surface area contributed by atoms with Crippen LogP contribution in [0.3, 0.4) is 0 Å². The molecular weight excluding hydrogens is 255 g/mol. The summed E-state index contributed by atoms with van der Waals surface area (Å²) >= 11 is 0. The largest absolute Gasteiger partial charge is 0.481 e. The van der Waals surface area contributed by atoms with Crippen molar-refractivity contribution in [3.05, 3.63) is 71.0 Å². The van der Waals surface area contributed by atoms with E-state index < -0.39 is 11.4 Å². The molecule has 0 bridgehead atoms. The third-order valence-electron chi connectivity index (χ3n) is 3.71. The third-order valence-corrected chi connectivity index (χ3v) is 3.71. The second-order valence-electron chi connectivity index (χ2n) is 5.22. The van der Waals surface area contributed by atoms with Gasteiger partial charge in [-0.25, -0.2) is 4.39 Å². The number of aliphatic carboxylic acids is 1. The first-order valence-corrected chi connectivity index (χ1v) is 6.48. The molecule has 0 amide bonds. The molecule has 0 radical (unpaired) electrons. The lowest BCUT2D eigenvalue weighted by Crippen LogP contribution is -2.35. The van der Waals surface area contributed by atoms with Crippen molar-refractivity contribution in [1.82, 2.24) is 0 Å². The molecule has 1 atom stereocenters. The van der Waals surface area contributed by atoms with E-state index in [1.807, 2.05) is 25.1 Å². The molecule has 0 aliphatic carbocycles. The summed E-state index contributed by atoms with van der Waals surface area (Å²) in [6.07, 6.45) is 0.125. The SMILES string of the molecule is Cc1ccccc1C(C)(Cc1ccccc1F)C(=O)O. The van der Waals surface area contributed by atoms with E-state index in [2.05, 4.69) is 0 Å². The van der Waals surface area contributed by atoms with Crippen molar-refractivity contribution in [2.24, 2.45) is 0 Å². The summed E-state index contributed by atoms with van der Waals surface area (Å²) in [7, 11) is 0. The highest BCUT2D eigenvalue weighted by atomic mass is 19.1. The van der Waals surface area contributed by atoms with Gasteiger partial charge in [-0.15, -0.1) is 0 Å². The van der Waals surface area contributed by atoms with Gasteiger partial charge in [-0.2, -0.15) is 0 Å². The predicted octanol–water partition coefficient (Wildman–Crippen LogP) is 3.72. The summed E-state index contributed by atoms with van der Waals surface area (Å²) < 4.78 is 13.8. The van der Waals surface area contributed by atoms with Crippen molar-refractivity contribution >= 4 is 5.97 Å². The Balaban J connectivity index is 2.49. The first-order chi connectivity index (χ1) is 9.45. The first-order valence-electron chi connectivity index (χ1n) is 6.48. The molecule has 20 heavy (non-hydrogen) atoms. The lowest BCUT2D eigenvalue weighted by molar-refractivity contribution is -0.143. The van der Waals surface area contributed by atoms with Gasteiger partial charge in [0.1, 0.15) is 5.82 Å². The molecule has 0 saturated carbocycles. The fourth-order valence-corrected chi connectivity index (χ4v) is 2.50. The Hall–Kier alpha value is -2.16. The molecule has 0 heterocycles. The molecule has 3 heteroatoms. The normalized spacial score (nSPS) is 13.8. The molecule has 0 aromatic heterocycles. The minimum atomic E-state index is -1.15. The maximum Gasteiger partial charge on any atom is 0.314 e. The van der Waals surface area contributed by atoms with Gasteiger partial charge in [0.05, 0.1) is 5.41 Å². The fourth-order valence-electron chi connectivity index (χ4n) is 2.50. The number of hydrogen-bond donors (Lipinski definition) is 1. The zero-order valence-corrected chi connectivity index (χ0v) is 11.6. The van der Waals surface area contributed by atoms with Crippen molar-refractivity contribution in [2.45, 2.75) is 25.7 Å². The third kappa shape index (κ3) is 2.57. The first kappa shape index (κ1) is 14.3. The molecular formula is C17H17FO2. The average molecular weight is 272 g/mol. The summed E-state index contributed by atoms with van der Waals surface area (Å²) in [5.74, 6) is -1.32. The molecule has 0 spiro atoms. The second kappa shape index (κ2) is 5.45. The highest BCUT2D eigenvalue weighted by Crippen LogP contribution is 2.31. The highest BCUT2D eigenvalue weighted by molar-refractivity contribution is 5.82. The molecule has 0 aliphatic heterocycles. The quantitative estimate of drug-likeness (QED) is 0.921. The maximum absolute atomic E-state index is 13.8. The van der Waals surface area contributed by atoms with Gasteiger partial charge in [-0.1, -0.05) is 42.5 Å². The van der Waals surface area contributed by atoms with Crippen LogP contribution in [0, 0.1) is 12.7 Å². The van der Waals surface area contributed by atoms with E-state index in [1.54, 1.807) is 31.2 Å². The Morgan fingerprint density at radius 3 is 2.35 bits per heavy atom. The van der Waals surface area contributed by atoms with Gasteiger partial charge in [0.25, 0.3) is 0 Å². The van der Waals surface area contributed by atoms with E-state index in [0.717, 1.165) is 11.1 Å². The number of rotatable bonds is 4. The molecule has 2 rings (SSSR count). The Morgan fingerprint density at radius 2 is 1.75 bits per heavy atom. The van der Waals surface area contributed by atoms with Crippen LogP contribution in [-0.4, -0.2) is 11.1 Å². The summed E-state index contributed by atoms with van der Waals surface area (Å²) in [5, 5.41) is 9.64. The number of aryl methyl sites for hydroxylation is 1. The van der Waals surface area contributed by atoms with Crippen molar-refractivity contribution in [3.63, 3.8) is 0 Å². The van der Waals surface area contributed by atoms with Gasteiger partial charge in [0.15, 0.2) is 0 Å². The van der Waals surface area contributed by atoms with Crippen molar-refractivity contribution in [1.29, 1.82) is 0 Å². The summed E-state index contributed by atoms with van der Waals surface area (Å²) in [6.45, 7) is 3.52. The van der Waals surface area contributed by atoms with E-state index in [-0.39, 0.29) is 12.2 Å². The number of carbonyl (C=O) groups is 1. The van der Waals surface area contributed by atoms with Gasteiger partial charge >= 0.3 is 5.97 Å². The van der Waals surface area contributed by atoms with E-state index in [9.17, 15) is 14.3 Å². The maximum atomic E-state index is 13.8. The lowest BCUT2D eigenvalue weighted by Gasteiger charge is -2.27. The standard InChI is InChI=1S/C17H17FO2/c1-12-7-3-5-9-14(12)17(2,16(19)20)11-13-8-4-6-10-15(13)18/h3-10H,11H2,1-2H3,(H,19,20). The van der Waals surface area contributed by atoms with E-state index in [1.165, 1.54) is 6.07 Å². The Kier molecular flexibility index (Phi) is 3.89. The van der Waals surface area contributed by atoms with Crippen molar-refractivity contribution in [2.75, 3.05) is 0 Å². The molecule has 1 unspecified atom stereocenters. The van der Waals surface area contributed by atoms with E-state index in [4.69, 9.17) is 0 Å². The summed E-state index contributed by atoms with van der Waals surface area (Å²) in [4.78, 5) is 11.8. The summed E-state index contributed by atoms with van der Waals surface area (Å²) in [5.41, 5.74) is 0.887. The van der Waals surface area contributed by atoms with Crippen LogP contribution in [0.4, 0.5) is 4.39 Å². The molecule has 1 N–H and O–H groups in total. The van der Waals surface area contributed by atoms with Crippen LogP contribution in [0.1, 0.15) is 23.6 Å². The van der Waals surface area contributed by atoms with Crippen LogP contribution in [0.5, 0.6) is 0 Å². The van der Waals surface area contributed by atoms with Crippen molar-refractivity contribution < 1.29 is 14.3 Å². The van der Waals surface area contributed by atoms with Crippen LogP contribution in [0.25, 0.3) is 0 Å².